The summed E-state index contributed by atoms with van der Waals surface area (Å²) in [6.45, 7) is 1.95. The van der Waals surface area contributed by atoms with Gasteiger partial charge in [0.25, 0.3) is 0 Å². The fourth-order valence-corrected chi connectivity index (χ4v) is 1.53. The Bertz CT molecular complexity index is 434. The lowest BCUT2D eigenvalue weighted by Gasteiger charge is -2.04. The van der Waals surface area contributed by atoms with Crippen LogP contribution in [0, 0.1) is 0 Å². The van der Waals surface area contributed by atoms with Gasteiger partial charge >= 0.3 is 0 Å². The summed E-state index contributed by atoms with van der Waals surface area (Å²) in [5, 5.41) is 0. The number of nitrogens with two attached hydrogens (primary N) is 1. The number of aromatic nitrogens is 2. The first-order valence-corrected chi connectivity index (χ1v) is 5.37. The highest BCUT2D eigenvalue weighted by atomic mass is 14.9. The van der Waals surface area contributed by atoms with E-state index in [1.807, 2.05) is 49.6 Å². The highest BCUT2D eigenvalue weighted by Gasteiger charge is 2.02. The number of hydrogen-bond donors (Lipinski definition) is 1. The molecule has 0 bridgehead atoms. The molecule has 16 heavy (non-hydrogen) atoms. The van der Waals surface area contributed by atoms with Gasteiger partial charge in [0, 0.05) is 30.4 Å². The largest absolute Gasteiger partial charge is 0.328 e. The molecule has 0 aliphatic carbocycles. The molecule has 3 nitrogen and oxygen atoms in total. The highest BCUT2D eigenvalue weighted by molar-refractivity contribution is 5.60. The molecule has 2 rings (SSSR count). The van der Waals surface area contributed by atoms with Crippen molar-refractivity contribution < 1.29 is 0 Å². The summed E-state index contributed by atoms with van der Waals surface area (Å²) in [7, 11) is 0. The van der Waals surface area contributed by atoms with E-state index < -0.39 is 0 Å². The first-order valence-electron chi connectivity index (χ1n) is 5.37. The molecule has 2 N–H and O–H groups in total. The van der Waals surface area contributed by atoms with Crippen LogP contribution >= 0.6 is 0 Å². The van der Waals surface area contributed by atoms with Gasteiger partial charge in [0.05, 0.1) is 0 Å². The van der Waals surface area contributed by atoms with Crippen LogP contribution in [0.5, 0.6) is 0 Å². The molecule has 1 aromatic heterocycles. The van der Waals surface area contributed by atoms with Crippen LogP contribution in [-0.4, -0.2) is 16.0 Å². The van der Waals surface area contributed by atoms with Crippen molar-refractivity contribution in [1.29, 1.82) is 0 Å². The summed E-state index contributed by atoms with van der Waals surface area (Å²) in [4.78, 5) is 8.61. The van der Waals surface area contributed by atoms with Gasteiger partial charge in [-0.05, 0) is 12.5 Å². The SMILES string of the molecule is CC(N)Cc1ncc(-c2ccccc2)cn1. The van der Waals surface area contributed by atoms with Crippen LogP contribution in [-0.2, 0) is 6.42 Å². The monoisotopic (exact) mass is 213 g/mol. The zero-order valence-electron chi connectivity index (χ0n) is 9.30. The van der Waals surface area contributed by atoms with E-state index in [1.54, 1.807) is 0 Å². The van der Waals surface area contributed by atoms with Crippen LogP contribution in [0.15, 0.2) is 42.7 Å². The third-order valence-corrected chi connectivity index (χ3v) is 2.32. The predicted molar refractivity (Wildman–Crippen MR) is 64.8 cm³/mol. The van der Waals surface area contributed by atoms with Crippen molar-refractivity contribution in [3.05, 3.63) is 48.5 Å². The summed E-state index contributed by atoms with van der Waals surface area (Å²) < 4.78 is 0. The lowest BCUT2D eigenvalue weighted by atomic mass is 10.1. The van der Waals surface area contributed by atoms with Gasteiger partial charge in [-0.3, -0.25) is 0 Å². The van der Waals surface area contributed by atoms with E-state index in [0.717, 1.165) is 23.4 Å². The maximum atomic E-state index is 5.69. The predicted octanol–water partition coefficient (Wildman–Crippen LogP) is 2.03. The zero-order valence-corrected chi connectivity index (χ0v) is 9.30. The quantitative estimate of drug-likeness (QED) is 0.848. The summed E-state index contributed by atoms with van der Waals surface area (Å²) in [6, 6.07) is 10.2. The van der Waals surface area contributed by atoms with Crippen LogP contribution in [0.3, 0.4) is 0 Å². The minimum absolute atomic E-state index is 0.0996. The van der Waals surface area contributed by atoms with Gasteiger partial charge in [-0.15, -0.1) is 0 Å². The van der Waals surface area contributed by atoms with Crippen molar-refractivity contribution in [2.45, 2.75) is 19.4 Å². The minimum Gasteiger partial charge on any atom is -0.328 e. The lowest BCUT2D eigenvalue weighted by molar-refractivity contribution is 0.702. The molecule has 1 unspecified atom stereocenters. The third kappa shape index (κ3) is 2.64. The Morgan fingerprint density at radius 3 is 2.25 bits per heavy atom. The van der Waals surface area contributed by atoms with Crippen LogP contribution in [0.4, 0.5) is 0 Å². The van der Waals surface area contributed by atoms with E-state index in [0.29, 0.717) is 0 Å². The second-order valence-electron chi connectivity index (χ2n) is 3.94. The molecule has 1 heterocycles. The van der Waals surface area contributed by atoms with E-state index in [2.05, 4.69) is 9.97 Å². The average molecular weight is 213 g/mol. The molecule has 0 spiro atoms. The van der Waals surface area contributed by atoms with Crippen LogP contribution in [0.2, 0.25) is 0 Å². The molecule has 0 aliphatic heterocycles. The van der Waals surface area contributed by atoms with Crippen molar-refractivity contribution in [3.8, 4) is 11.1 Å². The first-order chi connectivity index (χ1) is 7.75. The Labute approximate surface area is 95.4 Å². The van der Waals surface area contributed by atoms with Crippen molar-refractivity contribution in [1.82, 2.24) is 9.97 Å². The van der Waals surface area contributed by atoms with Gasteiger partial charge in [-0.25, -0.2) is 9.97 Å². The van der Waals surface area contributed by atoms with E-state index in [-0.39, 0.29) is 6.04 Å². The molecule has 2 aromatic rings. The van der Waals surface area contributed by atoms with Crippen molar-refractivity contribution in [2.75, 3.05) is 0 Å². The van der Waals surface area contributed by atoms with Gasteiger partial charge in [0.2, 0.25) is 0 Å². The highest BCUT2D eigenvalue weighted by Crippen LogP contribution is 2.16. The lowest BCUT2D eigenvalue weighted by Crippen LogP contribution is -2.19. The number of rotatable bonds is 3. The number of nitrogens with zero attached hydrogens (tertiary/aromatic N) is 2. The first kappa shape index (κ1) is 10.8. The van der Waals surface area contributed by atoms with Gasteiger partial charge < -0.3 is 5.73 Å². The minimum atomic E-state index is 0.0996. The summed E-state index contributed by atoms with van der Waals surface area (Å²) in [6.07, 6.45) is 4.41. The Balaban J connectivity index is 2.20. The zero-order chi connectivity index (χ0) is 11.4. The summed E-state index contributed by atoms with van der Waals surface area (Å²) >= 11 is 0. The summed E-state index contributed by atoms with van der Waals surface area (Å²) in [5.41, 5.74) is 7.86. The van der Waals surface area contributed by atoms with Crippen molar-refractivity contribution in [2.24, 2.45) is 5.73 Å². The molecule has 1 atom stereocenters. The Hall–Kier alpha value is -1.74. The van der Waals surface area contributed by atoms with E-state index in [1.165, 1.54) is 0 Å². The fourth-order valence-electron chi connectivity index (χ4n) is 1.53. The topological polar surface area (TPSA) is 51.8 Å². The van der Waals surface area contributed by atoms with Crippen molar-refractivity contribution >= 4 is 0 Å². The van der Waals surface area contributed by atoms with Gasteiger partial charge in [-0.1, -0.05) is 30.3 Å². The van der Waals surface area contributed by atoms with E-state index >= 15 is 0 Å². The van der Waals surface area contributed by atoms with Crippen LogP contribution in [0.25, 0.3) is 11.1 Å². The number of hydrogen-bond acceptors (Lipinski definition) is 3. The molecule has 0 saturated heterocycles. The molecule has 0 amide bonds. The molecule has 1 aromatic carbocycles. The molecule has 0 fully saturated rings. The third-order valence-electron chi connectivity index (χ3n) is 2.32. The average Bonchev–Trinajstić information content (AvgIpc) is 2.30. The molecule has 0 aliphatic rings. The normalized spacial score (nSPS) is 12.4. The van der Waals surface area contributed by atoms with Crippen LogP contribution in [0.1, 0.15) is 12.7 Å². The van der Waals surface area contributed by atoms with Gasteiger partial charge in [-0.2, -0.15) is 0 Å². The van der Waals surface area contributed by atoms with E-state index in [9.17, 15) is 0 Å². The Morgan fingerprint density at radius 2 is 1.69 bits per heavy atom. The molecule has 0 radical (unpaired) electrons. The molecular weight excluding hydrogens is 198 g/mol. The molecule has 82 valence electrons. The van der Waals surface area contributed by atoms with Gasteiger partial charge in [0.15, 0.2) is 0 Å². The molecule has 0 saturated carbocycles. The summed E-state index contributed by atoms with van der Waals surface area (Å²) in [5.74, 6) is 0.801. The number of benzene rings is 1. The second kappa shape index (κ2) is 4.86. The van der Waals surface area contributed by atoms with Gasteiger partial charge in [0.1, 0.15) is 5.82 Å². The van der Waals surface area contributed by atoms with Crippen LogP contribution < -0.4 is 5.73 Å². The Kier molecular flexibility index (Phi) is 3.27. The molecular formula is C13H15N3. The maximum absolute atomic E-state index is 5.69. The Morgan fingerprint density at radius 1 is 1.06 bits per heavy atom. The van der Waals surface area contributed by atoms with Crippen molar-refractivity contribution in [3.63, 3.8) is 0 Å². The standard InChI is InChI=1S/C13H15N3/c1-10(14)7-13-15-8-12(9-16-13)11-5-3-2-4-6-11/h2-6,8-10H,7,14H2,1H3. The smallest absolute Gasteiger partial charge is 0.129 e. The second-order valence-corrected chi connectivity index (χ2v) is 3.94. The molecule has 3 heteroatoms. The fraction of sp³-hybridized carbons (Fsp3) is 0.231. The maximum Gasteiger partial charge on any atom is 0.129 e. The van der Waals surface area contributed by atoms with E-state index in [4.69, 9.17) is 5.73 Å².